The van der Waals surface area contributed by atoms with Crippen LogP contribution in [0.2, 0.25) is 0 Å². The van der Waals surface area contributed by atoms with Crippen LogP contribution >= 0.6 is 0 Å². The third kappa shape index (κ3) is 2.85. The summed E-state index contributed by atoms with van der Waals surface area (Å²) in [5, 5.41) is 0.874. The van der Waals surface area contributed by atoms with Crippen molar-refractivity contribution in [3.05, 3.63) is 55.0 Å². The van der Waals surface area contributed by atoms with E-state index in [0.717, 1.165) is 22.8 Å². The van der Waals surface area contributed by atoms with Crippen molar-refractivity contribution in [2.24, 2.45) is 0 Å². The second-order valence-corrected chi connectivity index (χ2v) is 6.42. The number of fused-ring (bicyclic) bond motifs is 1. The van der Waals surface area contributed by atoms with Gasteiger partial charge in [0.15, 0.2) is 0 Å². The number of pyridine rings is 2. The predicted octanol–water partition coefficient (Wildman–Crippen LogP) is 2.67. The van der Waals surface area contributed by atoms with E-state index in [0.29, 0.717) is 11.2 Å². The third-order valence-electron chi connectivity index (χ3n) is 3.04. The fourth-order valence-corrected chi connectivity index (χ4v) is 2.79. The highest BCUT2D eigenvalue weighted by Gasteiger charge is 2.11. The Balaban J connectivity index is 2.25. The first-order valence-corrected chi connectivity index (χ1v) is 8.20. The molecule has 0 atom stereocenters. The maximum absolute atomic E-state index is 11.5. The van der Waals surface area contributed by atoms with Crippen LogP contribution < -0.4 is 4.72 Å². The molecule has 3 aromatic rings. The minimum absolute atomic E-state index is 0.473. The Labute approximate surface area is 122 Å². The van der Waals surface area contributed by atoms with E-state index in [4.69, 9.17) is 0 Å². The molecule has 0 bridgehead atoms. The van der Waals surface area contributed by atoms with Crippen LogP contribution in [0.5, 0.6) is 0 Å². The zero-order valence-corrected chi connectivity index (χ0v) is 12.1. The van der Waals surface area contributed by atoms with Crippen molar-refractivity contribution in [3.8, 4) is 11.1 Å². The van der Waals surface area contributed by atoms with Gasteiger partial charge in [0.05, 0.1) is 17.5 Å². The van der Waals surface area contributed by atoms with Crippen LogP contribution in [-0.2, 0) is 10.0 Å². The third-order valence-corrected chi connectivity index (χ3v) is 3.63. The number of hydrogen-bond acceptors (Lipinski definition) is 4. The fraction of sp³-hybridized carbons (Fsp3) is 0.0667. The van der Waals surface area contributed by atoms with Crippen molar-refractivity contribution in [1.82, 2.24) is 9.97 Å². The molecule has 6 heteroatoms. The van der Waals surface area contributed by atoms with Gasteiger partial charge >= 0.3 is 0 Å². The lowest BCUT2D eigenvalue weighted by Crippen LogP contribution is -2.10. The zero-order chi connectivity index (χ0) is 14.9. The lowest BCUT2D eigenvalue weighted by molar-refractivity contribution is 0.607. The lowest BCUT2D eigenvalue weighted by atomic mass is 10.0. The highest BCUT2D eigenvalue weighted by atomic mass is 32.2. The Hall–Kier alpha value is -2.47. The summed E-state index contributed by atoms with van der Waals surface area (Å²) in [6.07, 6.45) is 6.24. The summed E-state index contributed by atoms with van der Waals surface area (Å²) in [4.78, 5) is 8.42. The Morgan fingerprint density at radius 3 is 2.57 bits per heavy atom. The van der Waals surface area contributed by atoms with E-state index in [1.807, 2.05) is 30.3 Å². The van der Waals surface area contributed by atoms with Gasteiger partial charge in [0, 0.05) is 29.5 Å². The van der Waals surface area contributed by atoms with Crippen LogP contribution in [-0.4, -0.2) is 24.6 Å². The molecule has 0 aliphatic heterocycles. The molecule has 0 saturated carbocycles. The number of nitrogens with one attached hydrogen (secondary N) is 1. The molecule has 0 unspecified atom stereocenters. The molecule has 106 valence electrons. The van der Waals surface area contributed by atoms with Gasteiger partial charge in [-0.1, -0.05) is 18.2 Å². The molecule has 0 radical (unpaired) electrons. The van der Waals surface area contributed by atoms with Crippen LogP contribution in [0.3, 0.4) is 0 Å². The molecule has 1 aromatic carbocycles. The van der Waals surface area contributed by atoms with Gasteiger partial charge in [-0.05, 0) is 23.8 Å². The van der Waals surface area contributed by atoms with E-state index in [1.165, 1.54) is 0 Å². The second-order valence-electron chi connectivity index (χ2n) is 4.68. The van der Waals surface area contributed by atoms with Crippen LogP contribution in [0.1, 0.15) is 0 Å². The SMILES string of the molecule is CS(=O)(=O)Nc1ccc(-c2cccnc2)c2cccnc12. The van der Waals surface area contributed by atoms with Gasteiger partial charge in [0.2, 0.25) is 10.0 Å². The summed E-state index contributed by atoms with van der Waals surface area (Å²) in [6.45, 7) is 0. The van der Waals surface area contributed by atoms with Crippen molar-refractivity contribution in [3.63, 3.8) is 0 Å². The summed E-state index contributed by atoms with van der Waals surface area (Å²) in [6, 6.07) is 11.1. The molecule has 5 nitrogen and oxygen atoms in total. The van der Waals surface area contributed by atoms with E-state index in [-0.39, 0.29) is 0 Å². The maximum Gasteiger partial charge on any atom is 0.229 e. The summed E-state index contributed by atoms with van der Waals surface area (Å²) in [5.74, 6) is 0. The lowest BCUT2D eigenvalue weighted by Gasteiger charge is -2.11. The largest absolute Gasteiger partial charge is 0.282 e. The molecular weight excluding hydrogens is 286 g/mol. The summed E-state index contributed by atoms with van der Waals surface area (Å²) < 4.78 is 25.4. The van der Waals surface area contributed by atoms with Gasteiger partial charge in [0.1, 0.15) is 0 Å². The number of nitrogens with zero attached hydrogens (tertiary/aromatic N) is 2. The number of anilines is 1. The van der Waals surface area contributed by atoms with Gasteiger partial charge < -0.3 is 0 Å². The number of sulfonamides is 1. The van der Waals surface area contributed by atoms with Crippen molar-refractivity contribution in [2.75, 3.05) is 11.0 Å². The molecule has 0 saturated heterocycles. The van der Waals surface area contributed by atoms with Gasteiger partial charge in [-0.2, -0.15) is 0 Å². The first-order valence-electron chi connectivity index (χ1n) is 6.30. The van der Waals surface area contributed by atoms with Crippen LogP contribution in [0.15, 0.2) is 55.0 Å². The zero-order valence-electron chi connectivity index (χ0n) is 11.3. The Bertz CT molecular complexity index is 893. The Morgan fingerprint density at radius 2 is 1.86 bits per heavy atom. The minimum atomic E-state index is -3.35. The van der Waals surface area contributed by atoms with Gasteiger partial charge in [-0.25, -0.2) is 8.42 Å². The van der Waals surface area contributed by atoms with Crippen LogP contribution in [0.4, 0.5) is 5.69 Å². The van der Waals surface area contributed by atoms with Crippen molar-refractivity contribution >= 4 is 26.6 Å². The summed E-state index contributed by atoms with van der Waals surface area (Å²) >= 11 is 0. The van der Waals surface area contributed by atoms with Gasteiger partial charge in [-0.3, -0.25) is 14.7 Å². The van der Waals surface area contributed by atoms with E-state index in [9.17, 15) is 8.42 Å². The summed E-state index contributed by atoms with van der Waals surface area (Å²) in [7, 11) is -3.35. The van der Waals surface area contributed by atoms with Gasteiger partial charge in [-0.15, -0.1) is 0 Å². The van der Waals surface area contributed by atoms with Crippen LogP contribution in [0.25, 0.3) is 22.0 Å². The first-order chi connectivity index (χ1) is 10.0. The summed E-state index contributed by atoms with van der Waals surface area (Å²) in [5.41, 5.74) is 3.01. The average Bonchev–Trinajstić information content (AvgIpc) is 2.47. The number of hydrogen-bond donors (Lipinski definition) is 1. The molecule has 2 aromatic heterocycles. The molecule has 21 heavy (non-hydrogen) atoms. The van der Waals surface area contributed by atoms with E-state index < -0.39 is 10.0 Å². The highest BCUT2D eigenvalue weighted by Crippen LogP contribution is 2.31. The normalized spacial score (nSPS) is 11.5. The monoisotopic (exact) mass is 299 g/mol. The molecule has 0 aliphatic carbocycles. The van der Waals surface area contributed by atoms with Crippen molar-refractivity contribution < 1.29 is 8.42 Å². The van der Waals surface area contributed by atoms with Gasteiger partial charge in [0.25, 0.3) is 0 Å². The topological polar surface area (TPSA) is 72.0 Å². The first kappa shape index (κ1) is 13.5. The number of rotatable bonds is 3. The quantitative estimate of drug-likeness (QED) is 0.807. The predicted molar refractivity (Wildman–Crippen MR) is 83.4 cm³/mol. The minimum Gasteiger partial charge on any atom is -0.282 e. The fourth-order valence-electron chi connectivity index (χ4n) is 2.23. The molecule has 0 spiro atoms. The maximum atomic E-state index is 11.5. The van der Waals surface area contributed by atoms with Crippen LogP contribution in [0, 0.1) is 0 Å². The standard InChI is InChI=1S/C15H13N3O2S/c1-21(19,20)18-14-7-6-12(11-4-2-8-16-10-11)13-5-3-9-17-15(13)14/h2-10,18H,1H3. The number of benzene rings is 1. The molecular formula is C15H13N3O2S. The smallest absolute Gasteiger partial charge is 0.229 e. The van der Waals surface area contributed by atoms with Crippen molar-refractivity contribution in [2.45, 2.75) is 0 Å². The second kappa shape index (κ2) is 5.14. The number of aromatic nitrogens is 2. The molecule has 2 heterocycles. The van der Waals surface area contributed by atoms with E-state index in [1.54, 1.807) is 24.7 Å². The molecule has 3 rings (SSSR count). The molecule has 0 aliphatic rings. The Morgan fingerprint density at radius 1 is 1.05 bits per heavy atom. The molecule has 0 amide bonds. The Kier molecular flexibility index (Phi) is 3.31. The highest BCUT2D eigenvalue weighted by molar-refractivity contribution is 7.92. The van der Waals surface area contributed by atoms with E-state index in [2.05, 4.69) is 14.7 Å². The molecule has 0 fully saturated rings. The van der Waals surface area contributed by atoms with Crippen molar-refractivity contribution in [1.29, 1.82) is 0 Å². The molecule has 1 N–H and O–H groups in total. The van der Waals surface area contributed by atoms with E-state index >= 15 is 0 Å². The average molecular weight is 299 g/mol.